The van der Waals surface area contributed by atoms with Crippen molar-refractivity contribution in [1.82, 2.24) is 15.1 Å². The number of halogens is 3. The maximum atomic E-state index is 11.8. The number of alkyl halides is 3. The predicted molar refractivity (Wildman–Crippen MR) is 60.2 cm³/mol. The van der Waals surface area contributed by atoms with E-state index in [-0.39, 0.29) is 12.6 Å². The van der Waals surface area contributed by atoms with Crippen molar-refractivity contribution in [3.05, 3.63) is 12.3 Å². The Bertz CT molecular complexity index is 400. The number of aromatic nitrogens is 2. The summed E-state index contributed by atoms with van der Waals surface area (Å²) in [5.41, 5.74) is 0. The van der Waals surface area contributed by atoms with Crippen molar-refractivity contribution >= 4 is 11.7 Å². The standard InChI is InChI=1S/C10H15F3N4O/c1-7(2)17-4-3-8(16-17)14-5-9(18)15-6-10(11,12)13/h3-4,7H,5-6H2,1-2H3,(H,14,16)(H,15,18). The van der Waals surface area contributed by atoms with Crippen molar-refractivity contribution in [1.29, 1.82) is 0 Å². The molecular weight excluding hydrogens is 249 g/mol. The van der Waals surface area contributed by atoms with Crippen LogP contribution in [0.4, 0.5) is 19.0 Å². The van der Waals surface area contributed by atoms with Gasteiger partial charge in [-0.15, -0.1) is 0 Å². The zero-order valence-corrected chi connectivity index (χ0v) is 10.1. The lowest BCUT2D eigenvalue weighted by atomic mass is 10.4. The quantitative estimate of drug-likeness (QED) is 0.848. The second-order valence-electron chi connectivity index (χ2n) is 4.02. The largest absolute Gasteiger partial charge is 0.405 e. The van der Waals surface area contributed by atoms with Crippen LogP contribution in [0.5, 0.6) is 0 Å². The molecule has 0 bridgehead atoms. The molecule has 0 unspecified atom stereocenters. The monoisotopic (exact) mass is 264 g/mol. The summed E-state index contributed by atoms with van der Waals surface area (Å²) in [6.07, 6.45) is -2.67. The number of anilines is 1. The van der Waals surface area contributed by atoms with Crippen LogP contribution in [0.3, 0.4) is 0 Å². The van der Waals surface area contributed by atoms with Crippen molar-refractivity contribution in [2.75, 3.05) is 18.4 Å². The maximum Gasteiger partial charge on any atom is 0.405 e. The number of nitrogens with one attached hydrogen (secondary N) is 2. The Morgan fingerprint density at radius 1 is 1.50 bits per heavy atom. The summed E-state index contributed by atoms with van der Waals surface area (Å²) in [4.78, 5) is 11.1. The predicted octanol–water partition coefficient (Wildman–Crippen LogP) is 1.55. The van der Waals surface area contributed by atoms with Gasteiger partial charge < -0.3 is 10.6 Å². The summed E-state index contributed by atoms with van der Waals surface area (Å²) in [5, 5.41) is 8.50. The lowest BCUT2D eigenvalue weighted by Crippen LogP contribution is -2.37. The van der Waals surface area contributed by atoms with Gasteiger partial charge in [-0.1, -0.05) is 0 Å². The Morgan fingerprint density at radius 3 is 2.67 bits per heavy atom. The molecule has 18 heavy (non-hydrogen) atoms. The second-order valence-corrected chi connectivity index (χ2v) is 4.02. The zero-order chi connectivity index (χ0) is 13.8. The van der Waals surface area contributed by atoms with Crippen LogP contribution >= 0.6 is 0 Å². The first-order valence-corrected chi connectivity index (χ1v) is 5.40. The zero-order valence-electron chi connectivity index (χ0n) is 10.1. The Labute approximate surface area is 102 Å². The SMILES string of the molecule is CC(C)n1ccc(NCC(=O)NCC(F)(F)F)n1. The minimum atomic E-state index is -4.39. The molecule has 1 heterocycles. The molecular formula is C10H15F3N4O. The van der Waals surface area contributed by atoms with E-state index >= 15 is 0 Å². The molecule has 102 valence electrons. The highest BCUT2D eigenvalue weighted by Gasteiger charge is 2.27. The van der Waals surface area contributed by atoms with Crippen LogP contribution in [0, 0.1) is 0 Å². The number of amides is 1. The smallest absolute Gasteiger partial charge is 0.360 e. The normalized spacial score (nSPS) is 11.7. The molecule has 0 saturated heterocycles. The van der Waals surface area contributed by atoms with Gasteiger partial charge in [0.2, 0.25) is 5.91 Å². The van der Waals surface area contributed by atoms with Gasteiger partial charge in [-0.05, 0) is 13.8 Å². The van der Waals surface area contributed by atoms with Gasteiger partial charge in [0.1, 0.15) is 12.4 Å². The fourth-order valence-corrected chi connectivity index (χ4v) is 1.15. The number of hydrogen-bond acceptors (Lipinski definition) is 3. The van der Waals surface area contributed by atoms with E-state index in [4.69, 9.17) is 0 Å². The van der Waals surface area contributed by atoms with E-state index in [0.29, 0.717) is 5.82 Å². The Kier molecular flexibility index (Phi) is 4.57. The number of carbonyl (C=O) groups is 1. The van der Waals surface area contributed by atoms with Gasteiger partial charge >= 0.3 is 6.18 Å². The average molecular weight is 264 g/mol. The topological polar surface area (TPSA) is 59.0 Å². The van der Waals surface area contributed by atoms with E-state index in [1.165, 1.54) is 0 Å². The van der Waals surface area contributed by atoms with Crippen molar-refractivity contribution in [3.8, 4) is 0 Å². The lowest BCUT2D eigenvalue weighted by Gasteiger charge is -2.08. The third kappa shape index (κ3) is 5.07. The van der Waals surface area contributed by atoms with Gasteiger partial charge in [0, 0.05) is 18.3 Å². The first-order chi connectivity index (χ1) is 8.28. The van der Waals surface area contributed by atoms with Gasteiger partial charge in [0.25, 0.3) is 0 Å². The van der Waals surface area contributed by atoms with Crippen molar-refractivity contribution in [3.63, 3.8) is 0 Å². The Morgan fingerprint density at radius 2 is 2.17 bits per heavy atom. The molecule has 1 amide bonds. The van der Waals surface area contributed by atoms with Crippen LogP contribution < -0.4 is 10.6 Å². The summed E-state index contributed by atoms with van der Waals surface area (Å²) in [6.45, 7) is 2.30. The first-order valence-electron chi connectivity index (χ1n) is 5.40. The number of rotatable bonds is 5. The Balaban J connectivity index is 2.33. The van der Waals surface area contributed by atoms with E-state index in [9.17, 15) is 18.0 Å². The summed E-state index contributed by atoms with van der Waals surface area (Å²) in [7, 11) is 0. The van der Waals surface area contributed by atoms with Crippen molar-refractivity contribution in [2.24, 2.45) is 0 Å². The summed E-state index contributed by atoms with van der Waals surface area (Å²) in [6, 6.07) is 1.83. The highest BCUT2D eigenvalue weighted by Crippen LogP contribution is 2.12. The van der Waals surface area contributed by atoms with Gasteiger partial charge in [0.15, 0.2) is 0 Å². The lowest BCUT2D eigenvalue weighted by molar-refractivity contribution is -0.137. The van der Waals surface area contributed by atoms with Gasteiger partial charge in [0.05, 0.1) is 6.54 Å². The van der Waals surface area contributed by atoms with Crippen LogP contribution in [0.1, 0.15) is 19.9 Å². The van der Waals surface area contributed by atoms with Crippen LogP contribution in [-0.4, -0.2) is 35.0 Å². The summed E-state index contributed by atoms with van der Waals surface area (Å²) < 4.78 is 37.1. The molecule has 1 aromatic rings. The molecule has 0 saturated carbocycles. The molecule has 0 fully saturated rings. The molecule has 0 radical (unpaired) electrons. The van der Waals surface area contributed by atoms with E-state index in [1.807, 2.05) is 13.8 Å². The second kappa shape index (κ2) is 5.74. The van der Waals surface area contributed by atoms with Gasteiger partial charge in [-0.3, -0.25) is 9.48 Å². The maximum absolute atomic E-state index is 11.8. The van der Waals surface area contributed by atoms with Crippen LogP contribution in [0.2, 0.25) is 0 Å². The number of hydrogen-bond donors (Lipinski definition) is 2. The third-order valence-corrected chi connectivity index (χ3v) is 2.05. The van der Waals surface area contributed by atoms with Gasteiger partial charge in [-0.25, -0.2) is 0 Å². The molecule has 0 aromatic carbocycles. The third-order valence-electron chi connectivity index (χ3n) is 2.05. The average Bonchev–Trinajstić information content (AvgIpc) is 2.71. The highest BCUT2D eigenvalue weighted by atomic mass is 19.4. The van der Waals surface area contributed by atoms with E-state index in [1.54, 1.807) is 22.3 Å². The molecule has 0 aliphatic rings. The molecule has 0 aliphatic carbocycles. The molecule has 5 nitrogen and oxygen atoms in total. The molecule has 1 aromatic heterocycles. The minimum Gasteiger partial charge on any atom is -0.360 e. The van der Waals surface area contributed by atoms with Gasteiger partial charge in [-0.2, -0.15) is 18.3 Å². The van der Waals surface area contributed by atoms with E-state index in [0.717, 1.165) is 0 Å². The van der Waals surface area contributed by atoms with E-state index in [2.05, 4.69) is 10.4 Å². The van der Waals surface area contributed by atoms with Crippen LogP contribution in [0.15, 0.2) is 12.3 Å². The van der Waals surface area contributed by atoms with Crippen molar-refractivity contribution in [2.45, 2.75) is 26.1 Å². The number of carbonyl (C=O) groups excluding carboxylic acids is 1. The molecule has 1 rings (SSSR count). The fourth-order valence-electron chi connectivity index (χ4n) is 1.15. The molecule has 0 atom stereocenters. The minimum absolute atomic E-state index is 0.180. The molecule has 2 N–H and O–H groups in total. The molecule has 0 spiro atoms. The van der Waals surface area contributed by atoms with E-state index < -0.39 is 18.6 Å². The summed E-state index contributed by atoms with van der Waals surface area (Å²) >= 11 is 0. The first kappa shape index (κ1) is 14.3. The fraction of sp³-hybridized carbons (Fsp3) is 0.600. The van der Waals surface area contributed by atoms with Crippen molar-refractivity contribution < 1.29 is 18.0 Å². The highest BCUT2D eigenvalue weighted by molar-refractivity contribution is 5.80. The number of nitrogens with zero attached hydrogens (tertiary/aromatic N) is 2. The van der Waals surface area contributed by atoms with Crippen LogP contribution in [-0.2, 0) is 4.79 Å². The van der Waals surface area contributed by atoms with Crippen LogP contribution in [0.25, 0.3) is 0 Å². The molecule has 0 aliphatic heterocycles. The summed E-state index contributed by atoms with van der Waals surface area (Å²) in [5.74, 6) is -0.280. The Hall–Kier alpha value is -1.73. The molecule has 8 heteroatoms.